The van der Waals surface area contributed by atoms with Crippen LogP contribution in [0.25, 0.3) is 22.0 Å². The van der Waals surface area contributed by atoms with Gasteiger partial charge in [0.2, 0.25) is 0 Å². The van der Waals surface area contributed by atoms with Crippen LogP contribution in [0.5, 0.6) is 0 Å². The summed E-state index contributed by atoms with van der Waals surface area (Å²) >= 11 is 0. The Morgan fingerprint density at radius 1 is 0.900 bits per heavy atom. The smallest absolute Gasteiger partial charge is 0.126 e. The molecule has 1 aromatic heterocycles. The third-order valence-electron chi connectivity index (χ3n) is 3.37. The van der Waals surface area contributed by atoms with Crippen molar-refractivity contribution in [1.82, 2.24) is 4.98 Å². The van der Waals surface area contributed by atoms with E-state index in [0.29, 0.717) is 0 Å². The maximum Gasteiger partial charge on any atom is 0.126 e. The van der Waals surface area contributed by atoms with Gasteiger partial charge in [-0.2, -0.15) is 0 Å². The molecule has 0 amide bonds. The van der Waals surface area contributed by atoms with Gasteiger partial charge in [0.25, 0.3) is 0 Å². The molecule has 2 aromatic carbocycles. The van der Waals surface area contributed by atoms with Crippen molar-refractivity contribution in [3.05, 3.63) is 60.7 Å². The summed E-state index contributed by atoms with van der Waals surface area (Å²) < 4.78 is 0. The molecule has 0 saturated carbocycles. The standard InChI is InChI=1S/C18H18N2/c1-2-13-19-18-12-6-11-17(20-18)16-10-5-8-14-7-3-4-9-15(14)16/h3-12H,2,13H2,1H3,(H,19,20). The minimum atomic E-state index is 0.942. The average molecular weight is 262 g/mol. The van der Waals surface area contributed by atoms with Gasteiger partial charge in [-0.3, -0.25) is 0 Å². The first-order chi connectivity index (χ1) is 9.88. The van der Waals surface area contributed by atoms with Crippen LogP contribution in [0.4, 0.5) is 5.82 Å². The summed E-state index contributed by atoms with van der Waals surface area (Å²) in [7, 11) is 0. The highest BCUT2D eigenvalue weighted by Crippen LogP contribution is 2.27. The van der Waals surface area contributed by atoms with Gasteiger partial charge in [0.1, 0.15) is 5.82 Å². The first kappa shape index (κ1) is 12.7. The summed E-state index contributed by atoms with van der Waals surface area (Å²) in [5.41, 5.74) is 2.20. The minimum absolute atomic E-state index is 0.942. The second-order valence-electron chi connectivity index (χ2n) is 4.86. The Hall–Kier alpha value is -2.35. The van der Waals surface area contributed by atoms with E-state index in [9.17, 15) is 0 Å². The van der Waals surface area contributed by atoms with Crippen molar-refractivity contribution in [2.75, 3.05) is 11.9 Å². The number of rotatable bonds is 4. The molecular weight excluding hydrogens is 244 g/mol. The van der Waals surface area contributed by atoms with Crippen LogP contribution in [0.2, 0.25) is 0 Å². The van der Waals surface area contributed by atoms with Gasteiger partial charge in [0.15, 0.2) is 0 Å². The van der Waals surface area contributed by atoms with Crippen LogP contribution in [0, 0.1) is 0 Å². The van der Waals surface area contributed by atoms with E-state index in [4.69, 9.17) is 4.98 Å². The van der Waals surface area contributed by atoms with Crippen molar-refractivity contribution in [2.24, 2.45) is 0 Å². The van der Waals surface area contributed by atoms with Crippen molar-refractivity contribution in [3.8, 4) is 11.3 Å². The Kier molecular flexibility index (Phi) is 3.64. The molecule has 0 saturated heterocycles. The van der Waals surface area contributed by atoms with Crippen LogP contribution >= 0.6 is 0 Å². The summed E-state index contributed by atoms with van der Waals surface area (Å²) in [6, 6.07) is 20.9. The van der Waals surface area contributed by atoms with Crippen molar-refractivity contribution < 1.29 is 0 Å². The van der Waals surface area contributed by atoms with E-state index in [1.807, 2.05) is 6.07 Å². The molecule has 1 heterocycles. The molecule has 1 N–H and O–H groups in total. The Morgan fingerprint density at radius 2 is 1.70 bits per heavy atom. The molecule has 0 aliphatic heterocycles. The fourth-order valence-electron chi connectivity index (χ4n) is 2.39. The fraction of sp³-hybridized carbons (Fsp3) is 0.167. The van der Waals surface area contributed by atoms with E-state index in [-0.39, 0.29) is 0 Å². The van der Waals surface area contributed by atoms with Crippen molar-refractivity contribution >= 4 is 16.6 Å². The monoisotopic (exact) mass is 262 g/mol. The van der Waals surface area contributed by atoms with Gasteiger partial charge >= 0.3 is 0 Å². The second-order valence-corrected chi connectivity index (χ2v) is 4.86. The largest absolute Gasteiger partial charge is 0.370 e. The molecule has 0 radical (unpaired) electrons. The molecule has 0 unspecified atom stereocenters. The normalized spacial score (nSPS) is 10.7. The van der Waals surface area contributed by atoms with E-state index in [1.54, 1.807) is 0 Å². The maximum atomic E-state index is 4.72. The summed E-state index contributed by atoms with van der Waals surface area (Å²) in [5.74, 6) is 0.942. The number of hydrogen-bond donors (Lipinski definition) is 1. The summed E-state index contributed by atoms with van der Waals surface area (Å²) in [4.78, 5) is 4.72. The molecule has 0 atom stereocenters. The first-order valence-electron chi connectivity index (χ1n) is 7.07. The highest BCUT2D eigenvalue weighted by molar-refractivity contribution is 5.95. The van der Waals surface area contributed by atoms with Gasteiger partial charge < -0.3 is 5.32 Å². The SMILES string of the molecule is CCCNc1cccc(-c2cccc3ccccc23)n1. The van der Waals surface area contributed by atoms with Gasteiger partial charge in [-0.25, -0.2) is 4.98 Å². The lowest BCUT2D eigenvalue weighted by atomic mass is 10.0. The zero-order valence-corrected chi connectivity index (χ0v) is 11.6. The molecule has 100 valence electrons. The van der Waals surface area contributed by atoms with Crippen LogP contribution in [0.3, 0.4) is 0 Å². The Bertz CT molecular complexity index is 714. The molecule has 3 aromatic rings. The number of anilines is 1. The lowest BCUT2D eigenvalue weighted by Gasteiger charge is -2.09. The summed E-state index contributed by atoms with van der Waals surface area (Å²) in [6.07, 6.45) is 1.10. The van der Waals surface area contributed by atoms with Crippen LogP contribution < -0.4 is 5.32 Å². The van der Waals surface area contributed by atoms with Gasteiger partial charge in [0, 0.05) is 12.1 Å². The molecule has 0 spiro atoms. The van der Waals surface area contributed by atoms with Crippen molar-refractivity contribution in [3.63, 3.8) is 0 Å². The molecule has 3 rings (SSSR count). The summed E-state index contributed by atoms with van der Waals surface area (Å²) in [5, 5.41) is 5.84. The number of fused-ring (bicyclic) bond motifs is 1. The number of nitrogens with zero attached hydrogens (tertiary/aromatic N) is 1. The third kappa shape index (κ3) is 2.50. The third-order valence-corrected chi connectivity index (χ3v) is 3.37. The van der Waals surface area contributed by atoms with E-state index < -0.39 is 0 Å². The molecule has 0 aliphatic rings. The van der Waals surface area contributed by atoms with Crippen molar-refractivity contribution in [1.29, 1.82) is 0 Å². The van der Waals surface area contributed by atoms with E-state index in [1.165, 1.54) is 16.3 Å². The molecule has 0 fully saturated rings. The number of nitrogens with one attached hydrogen (secondary N) is 1. The Balaban J connectivity index is 2.06. The highest BCUT2D eigenvalue weighted by atomic mass is 15.0. The Labute approximate surface area is 119 Å². The highest BCUT2D eigenvalue weighted by Gasteiger charge is 2.05. The second kappa shape index (κ2) is 5.74. The number of aromatic nitrogens is 1. The van der Waals surface area contributed by atoms with Gasteiger partial charge in [-0.1, -0.05) is 55.5 Å². The molecular formula is C18H18N2. The predicted octanol–water partition coefficient (Wildman–Crippen LogP) is 4.72. The number of hydrogen-bond acceptors (Lipinski definition) is 2. The van der Waals surface area contributed by atoms with Gasteiger partial charge in [-0.15, -0.1) is 0 Å². The lowest BCUT2D eigenvalue weighted by Crippen LogP contribution is -2.02. The average Bonchev–Trinajstić information content (AvgIpc) is 2.52. The zero-order chi connectivity index (χ0) is 13.8. The quantitative estimate of drug-likeness (QED) is 0.735. The molecule has 0 bridgehead atoms. The zero-order valence-electron chi connectivity index (χ0n) is 11.6. The van der Waals surface area contributed by atoms with Crippen LogP contribution in [-0.4, -0.2) is 11.5 Å². The summed E-state index contributed by atoms with van der Waals surface area (Å²) in [6.45, 7) is 3.10. The van der Waals surface area contributed by atoms with E-state index in [0.717, 1.165) is 24.5 Å². The van der Waals surface area contributed by atoms with Gasteiger partial charge in [-0.05, 0) is 29.3 Å². The fourth-order valence-corrected chi connectivity index (χ4v) is 2.39. The Morgan fingerprint density at radius 3 is 2.60 bits per heavy atom. The first-order valence-corrected chi connectivity index (χ1v) is 7.07. The lowest BCUT2D eigenvalue weighted by molar-refractivity contribution is 0.970. The van der Waals surface area contributed by atoms with E-state index >= 15 is 0 Å². The van der Waals surface area contributed by atoms with Crippen molar-refractivity contribution in [2.45, 2.75) is 13.3 Å². The molecule has 20 heavy (non-hydrogen) atoms. The minimum Gasteiger partial charge on any atom is -0.370 e. The molecule has 0 aliphatic carbocycles. The molecule has 2 heteroatoms. The number of pyridine rings is 1. The van der Waals surface area contributed by atoms with Crippen LogP contribution in [-0.2, 0) is 0 Å². The van der Waals surface area contributed by atoms with Crippen LogP contribution in [0.1, 0.15) is 13.3 Å². The topological polar surface area (TPSA) is 24.9 Å². The van der Waals surface area contributed by atoms with Crippen LogP contribution in [0.15, 0.2) is 60.7 Å². The van der Waals surface area contributed by atoms with Gasteiger partial charge in [0.05, 0.1) is 5.69 Å². The molecule has 2 nitrogen and oxygen atoms in total. The number of benzene rings is 2. The predicted molar refractivity (Wildman–Crippen MR) is 86.0 cm³/mol. The van der Waals surface area contributed by atoms with E-state index in [2.05, 4.69) is 66.8 Å². The maximum absolute atomic E-state index is 4.72.